The molecule has 0 aliphatic carbocycles. The molecule has 4 aromatic heterocycles. The second kappa shape index (κ2) is 10.7. The number of aromatic nitrogens is 6. The molecule has 8 heteroatoms. The number of benzene rings is 1. The SMILES string of the molecule is c1cncc(Cn2cc(-c3ccnc(Cc4ccc(N5CCNCC5)cc4)n3)c(-c3cccnc3)n2)c1. The summed E-state index contributed by atoms with van der Waals surface area (Å²) in [7, 11) is 0. The maximum atomic E-state index is 4.94. The van der Waals surface area contributed by atoms with Gasteiger partial charge in [0.25, 0.3) is 0 Å². The second-order valence-corrected chi connectivity index (χ2v) is 9.13. The third kappa shape index (κ3) is 5.39. The van der Waals surface area contributed by atoms with Crippen molar-refractivity contribution in [2.24, 2.45) is 0 Å². The summed E-state index contributed by atoms with van der Waals surface area (Å²) in [5, 5.41) is 8.30. The highest BCUT2D eigenvalue weighted by atomic mass is 15.3. The van der Waals surface area contributed by atoms with Crippen LogP contribution in [-0.2, 0) is 13.0 Å². The first-order valence-corrected chi connectivity index (χ1v) is 12.6. The Balaban J connectivity index is 1.27. The van der Waals surface area contributed by atoms with Gasteiger partial charge >= 0.3 is 0 Å². The summed E-state index contributed by atoms with van der Waals surface area (Å²) >= 11 is 0. The number of hydrogen-bond donors (Lipinski definition) is 1. The molecule has 8 nitrogen and oxygen atoms in total. The van der Waals surface area contributed by atoms with Crippen molar-refractivity contribution in [3.63, 3.8) is 0 Å². The van der Waals surface area contributed by atoms with Gasteiger partial charge in [-0.25, -0.2) is 9.97 Å². The third-order valence-electron chi connectivity index (χ3n) is 6.53. The first-order chi connectivity index (χ1) is 18.3. The molecule has 0 unspecified atom stereocenters. The molecule has 1 N–H and O–H groups in total. The van der Waals surface area contributed by atoms with Crippen molar-refractivity contribution in [3.8, 4) is 22.5 Å². The van der Waals surface area contributed by atoms with Gasteiger partial charge < -0.3 is 10.2 Å². The highest BCUT2D eigenvalue weighted by molar-refractivity contribution is 5.78. The number of anilines is 1. The minimum absolute atomic E-state index is 0.623. The zero-order valence-electron chi connectivity index (χ0n) is 20.5. The van der Waals surface area contributed by atoms with E-state index < -0.39 is 0 Å². The molecule has 0 bridgehead atoms. The maximum absolute atomic E-state index is 4.94. The Morgan fingerprint density at radius 3 is 2.38 bits per heavy atom. The predicted octanol–water partition coefficient (Wildman–Crippen LogP) is 3.85. The molecule has 1 fully saturated rings. The van der Waals surface area contributed by atoms with Crippen molar-refractivity contribution in [1.29, 1.82) is 0 Å². The summed E-state index contributed by atoms with van der Waals surface area (Å²) in [5.41, 5.74) is 7.14. The molecule has 5 aromatic rings. The van der Waals surface area contributed by atoms with Gasteiger partial charge in [-0.2, -0.15) is 5.10 Å². The Kier molecular flexibility index (Phi) is 6.64. The minimum atomic E-state index is 0.623. The average Bonchev–Trinajstić information content (AvgIpc) is 3.39. The van der Waals surface area contributed by atoms with Crippen molar-refractivity contribution in [3.05, 3.63) is 109 Å². The first kappa shape index (κ1) is 23.0. The fraction of sp³-hybridized carbons (Fsp3) is 0.207. The van der Waals surface area contributed by atoms with Crippen LogP contribution in [0.3, 0.4) is 0 Å². The van der Waals surface area contributed by atoms with Crippen LogP contribution in [0.1, 0.15) is 17.0 Å². The number of nitrogens with zero attached hydrogens (tertiary/aromatic N) is 7. The van der Waals surface area contributed by atoms with Crippen molar-refractivity contribution >= 4 is 5.69 Å². The Morgan fingerprint density at radius 2 is 1.62 bits per heavy atom. The molecule has 0 saturated carbocycles. The molecular weight excluding hydrogens is 460 g/mol. The summed E-state index contributed by atoms with van der Waals surface area (Å²) < 4.78 is 1.94. The van der Waals surface area contributed by atoms with Crippen LogP contribution in [-0.4, -0.2) is 55.9 Å². The number of nitrogens with one attached hydrogen (secondary N) is 1. The van der Waals surface area contributed by atoms with Crippen LogP contribution in [0.25, 0.3) is 22.5 Å². The lowest BCUT2D eigenvalue weighted by Crippen LogP contribution is -2.43. The van der Waals surface area contributed by atoms with E-state index in [1.54, 1.807) is 12.4 Å². The van der Waals surface area contributed by atoms with Gasteiger partial charge in [0.2, 0.25) is 0 Å². The quantitative estimate of drug-likeness (QED) is 0.373. The Morgan fingerprint density at radius 1 is 0.811 bits per heavy atom. The van der Waals surface area contributed by atoms with E-state index in [1.807, 2.05) is 59.8 Å². The van der Waals surface area contributed by atoms with Crippen LogP contribution in [0.2, 0.25) is 0 Å². The van der Waals surface area contributed by atoms with E-state index in [9.17, 15) is 0 Å². The van der Waals surface area contributed by atoms with Gasteiger partial charge in [-0.05, 0) is 47.5 Å². The Hall–Kier alpha value is -4.43. The summed E-state index contributed by atoms with van der Waals surface area (Å²) in [6.45, 7) is 4.76. The van der Waals surface area contributed by atoms with Gasteiger partial charge in [-0.15, -0.1) is 0 Å². The molecule has 37 heavy (non-hydrogen) atoms. The average molecular weight is 489 g/mol. The lowest BCUT2D eigenvalue weighted by atomic mass is 10.1. The Bertz CT molecular complexity index is 1440. The minimum Gasteiger partial charge on any atom is -0.369 e. The summed E-state index contributed by atoms with van der Waals surface area (Å²) in [6.07, 6.45) is 11.8. The third-order valence-corrected chi connectivity index (χ3v) is 6.53. The number of rotatable bonds is 7. The van der Waals surface area contributed by atoms with Crippen molar-refractivity contribution in [1.82, 2.24) is 35.0 Å². The molecule has 0 atom stereocenters. The highest BCUT2D eigenvalue weighted by Crippen LogP contribution is 2.30. The van der Waals surface area contributed by atoms with Crippen LogP contribution >= 0.6 is 0 Å². The van der Waals surface area contributed by atoms with Crippen molar-refractivity contribution in [2.75, 3.05) is 31.1 Å². The molecule has 1 saturated heterocycles. The summed E-state index contributed by atoms with van der Waals surface area (Å²) in [5.74, 6) is 0.782. The van der Waals surface area contributed by atoms with Gasteiger partial charge in [-0.3, -0.25) is 14.6 Å². The van der Waals surface area contributed by atoms with Gasteiger partial charge in [0.05, 0.1) is 12.2 Å². The van der Waals surface area contributed by atoms with Crippen LogP contribution in [0.4, 0.5) is 5.69 Å². The summed E-state index contributed by atoms with van der Waals surface area (Å²) in [6, 6.07) is 18.6. The van der Waals surface area contributed by atoms with Crippen LogP contribution < -0.4 is 10.2 Å². The van der Waals surface area contributed by atoms with E-state index in [-0.39, 0.29) is 0 Å². The molecule has 1 aliphatic heterocycles. The summed E-state index contributed by atoms with van der Waals surface area (Å²) in [4.78, 5) is 20.5. The first-order valence-electron chi connectivity index (χ1n) is 12.6. The molecule has 6 rings (SSSR count). The van der Waals surface area contributed by atoms with E-state index in [4.69, 9.17) is 10.1 Å². The topological polar surface area (TPSA) is 84.7 Å². The standard InChI is InChI=1S/C29H28N8/c1-3-23(18-31-10-1)20-37-21-26(29(35-37)24-4-2-11-32-19-24)27-9-12-33-28(34-27)17-22-5-7-25(8-6-22)36-15-13-30-14-16-36/h1-12,18-19,21,30H,13-17,20H2. The Labute approximate surface area is 216 Å². The molecule has 5 heterocycles. The number of pyridine rings is 2. The van der Waals surface area contributed by atoms with Crippen molar-refractivity contribution in [2.45, 2.75) is 13.0 Å². The van der Waals surface area contributed by atoms with Crippen LogP contribution in [0.5, 0.6) is 0 Å². The lowest BCUT2D eigenvalue weighted by molar-refractivity contribution is 0.589. The number of hydrogen-bond acceptors (Lipinski definition) is 7. The smallest absolute Gasteiger partial charge is 0.133 e. The predicted molar refractivity (Wildman–Crippen MR) is 144 cm³/mol. The van der Waals surface area contributed by atoms with Crippen molar-refractivity contribution < 1.29 is 0 Å². The molecule has 0 radical (unpaired) electrons. The monoisotopic (exact) mass is 488 g/mol. The molecule has 1 aromatic carbocycles. The van der Waals surface area contributed by atoms with E-state index in [0.717, 1.165) is 60.1 Å². The van der Waals surface area contributed by atoms with Gasteiger partial charge in [0, 0.05) is 86.6 Å². The largest absolute Gasteiger partial charge is 0.369 e. The van der Waals surface area contributed by atoms with Gasteiger partial charge in [0.1, 0.15) is 11.5 Å². The van der Waals surface area contributed by atoms with E-state index >= 15 is 0 Å². The molecular formula is C29H28N8. The molecule has 1 aliphatic rings. The van der Waals surface area contributed by atoms with Gasteiger partial charge in [-0.1, -0.05) is 18.2 Å². The highest BCUT2D eigenvalue weighted by Gasteiger charge is 2.16. The van der Waals surface area contributed by atoms with E-state index in [1.165, 1.54) is 11.3 Å². The van der Waals surface area contributed by atoms with Crippen LogP contribution in [0.15, 0.2) is 91.8 Å². The molecule has 0 amide bonds. The lowest BCUT2D eigenvalue weighted by Gasteiger charge is -2.29. The van der Waals surface area contributed by atoms with E-state index in [0.29, 0.717) is 13.0 Å². The number of piperazine rings is 1. The zero-order valence-corrected chi connectivity index (χ0v) is 20.5. The molecule has 0 spiro atoms. The molecule has 184 valence electrons. The normalized spacial score (nSPS) is 13.6. The fourth-order valence-corrected chi connectivity index (χ4v) is 4.65. The maximum Gasteiger partial charge on any atom is 0.133 e. The van der Waals surface area contributed by atoms with Gasteiger partial charge in [0.15, 0.2) is 0 Å². The zero-order chi connectivity index (χ0) is 24.9. The van der Waals surface area contributed by atoms with Crippen LogP contribution in [0, 0.1) is 0 Å². The second-order valence-electron chi connectivity index (χ2n) is 9.13. The van der Waals surface area contributed by atoms with E-state index in [2.05, 4.69) is 49.4 Å². The fourth-order valence-electron chi connectivity index (χ4n) is 4.65.